The number of nitrogens with one attached hydrogen (secondary N) is 1. The van der Waals surface area contributed by atoms with Crippen LogP contribution in [0.1, 0.15) is 35.2 Å². The number of carboxylic acids is 1. The van der Waals surface area contributed by atoms with Crippen LogP contribution in [0, 0.1) is 6.92 Å². The maximum atomic E-state index is 11.9. The number of aromatic nitrogens is 3. The lowest BCUT2D eigenvalue weighted by Crippen LogP contribution is -2.40. The molecule has 0 saturated carbocycles. The molecule has 0 aliphatic rings. The van der Waals surface area contributed by atoms with Crippen LogP contribution in [0.25, 0.3) is 0 Å². The van der Waals surface area contributed by atoms with E-state index in [0.29, 0.717) is 18.7 Å². The van der Waals surface area contributed by atoms with Gasteiger partial charge < -0.3 is 14.9 Å². The van der Waals surface area contributed by atoms with Crippen molar-refractivity contribution in [2.75, 3.05) is 0 Å². The summed E-state index contributed by atoms with van der Waals surface area (Å²) in [6.45, 7) is 3.94. The molecule has 1 atom stereocenters. The predicted octanol–water partition coefficient (Wildman–Crippen LogP) is 0.821. The Morgan fingerprint density at radius 2 is 2.29 bits per heavy atom. The molecule has 0 spiro atoms. The van der Waals surface area contributed by atoms with Crippen molar-refractivity contribution < 1.29 is 19.2 Å². The molecule has 2 aromatic heterocycles. The van der Waals surface area contributed by atoms with E-state index in [1.807, 2.05) is 13.1 Å². The summed E-state index contributed by atoms with van der Waals surface area (Å²) in [6.07, 6.45) is 3.83. The first-order valence-corrected chi connectivity index (χ1v) is 6.48. The minimum atomic E-state index is -1.08. The minimum absolute atomic E-state index is 0.0496. The van der Waals surface area contributed by atoms with Gasteiger partial charge in [0, 0.05) is 12.3 Å². The molecule has 8 nitrogen and oxygen atoms in total. The van der Waals surface area contributed by atoms with Crippen LogP contribution < -0.4 is 5.32 Å². The Morgan fingerprint density at radius 3 is 2.86 bits per heavy atom. The average Bonchev–Trinajstić information content (AvgIpc) is 3.05. The highest BCUT2D eigenvalue weighted by Gasteiger charge is 2.21. The van der Waals surface area contributed by atoms with Gasteiger partial charge in [0.15, 0.2) is 11.5 Å². The normalized spacial score (nSPS) is 12.1. The van der Waals surface area contributed by atoms with Crippen molar-refractivity contribution in [1.29, 1.82) is 0 Å². The summed E-state index contributed by atoms with van der Waals surface area (Å²) >= 11 is 0. The second-order valence-corrected chi connectivity index (χ2v) is 4.67. The molecule has 0 fully saturated rings. The van der Waals surface area contributed by atoms with Crippen LogP contribution in [0.2, 0.25) is 0 Å². The van der Waals surface area contributed by atoms with Crippen LogP contribution in [0.15, 0.2) is 23.0 Å². The molecule has 0 aromatic carbocycles. The predicted molar refractivity (Wildman–Crippen MR) is 71.8 cm³/mol. The highest BCUT2D eigenvalue weighted by Crippen LogP contribution is 2.07. The fourth-order valence-corrected chi connectivity index (χ4v) is 1.78. The third-order valence-electron chi connectivity index (χ3n) is 2.88. The van der Waals surface area contributed by atoms with Crippen molar-refractivity contribution >= 4 is 11.9 Å². The molecule has 2 heterocycles. The SMILES string of the molecule is CCC(NC(=O)c1cc(Cn2cc(C)cn2)on1)C(=O)O. The lowest BCUT2D eigenvalue weighted by atomic mass is 10.2. The summed E-state index contributed by atoms with van der Waals surface area (Å²) in [7, 11) is 0. The molecule has 0 bridgehead atoms. The Balaban J connectivity index is 2.02. The highest BCUT2D eigenvalue weighted by molar-refractivity contribution is 5.94. The van der Waals surface area contributed by atoms with Gasteiger partial charge in [0.25, 0.3) is 5.91 Å². The lowest BCUT2D eigenvalue weighted by Gasteiger charge is -2.10. The molecule has 2 N–H and O–H groups in total. The van der Waals surface area contributed by atoms with Crippen LogP contribution >= 0.6 is 0 Å². The molecular weight excluding hydrogens is 276 g/mol. The van der Waals surface area contributed by atoms with Crippen LogP contribution in [0.3, 0.4) is 0 Å². The van der Waals surface area contributed by atoms with Crippen molar-refractivity contribution in [2.45, 2.75) is 32.9 Å². The summed E-state index contributed by atoms with van der Waals surface area (Å²) in [6, 6.07) is 0.535. The van der Waals surface area contributed by atoms with E-state index >= 15 is 0 Å². The smallest absolute Gasteiger partial charge is 0.326 e. The number of nitrogens with zero attached hydrogens (tertiary/aromatic N) is 3. The van der Waals surface area contributed by atoms with Crippen LogP contribution in [-0.4, -0.2) is 38.0 Å². The van der Waals surface area contributed by atoms with Gasteiger partial charge in [-0.05, 0) is 18.9 Å². The Hall–Kier alpha value is -2.64. The van der Waals surface area contributed by atoms with Gasteiger partial charge in [-0.1, -0.05) is 12.1 Å². The first-order valence-electron chi connectivity index (χ1n) is 6.48. The fourth-order valence-electron chi connectivity index (χ4n) is 1.78. The number of hydrogen-bond donors (Lipinski definition) is 2. The van der Waals surface area contributed by atoms with Gasteiger partial charge in [0.05, 0.1) is 6.20 Å². The zero-order chi connectivity index (χ0) is 15.4. The van der Waals surface area contributed by atoms with Crippen LogP contribution in [-0.2, 0) is 11.3 Å². The molecule has 0 saturated heterocycles. The van der Waals surface area contributed by atoms with E-state index in [1.165, 1.54) is 6.07 Å². The van der Waals surface area contributed by atoms with E-state index < -0.39 is 17.9 Å². The van der Waals surface area contributed by atoms with Gasteiger partial charge in [-0.3, -0.25) is 9.48 Å². The number of carboxylic acid groups (broad SMARTS) is 1. The number of aliphatic carboxylic acids is 1. The van der Waals surface area contributed by atoms with Crippen molar-refractivity contribution in [3.63, 3.8) is 0 Å². The highest BCUT2D eigenvalue weighted by atomic mass is 16.5. The van der Waals surface area contributed by atoms with E-state index in [2.05, 4.69) is 15.6 Å². The monoisotopic (exact) mass is 292 g/mol. The number of carbonyl (C=O) groups excluding carboxylic acids is 1. The number of carbonyl (C=O) groups is 2. The third-order valence-corrected chi connectivity index (χ3v) is 2.88. The van der Waals surface area contributed by atoms with Crippen molar-refractivity contribution in [2.24, 2.45) is 0 Å². The van der Waals surface area contributed by atoms with E-state index in [-0.39, 0.29) is 5.69 Å². The fraction of sp³-hybridized carbons (Fsp3) is 0.385. The lowest BCUT2D eigenvalue weighted by molar-refractivity contribution is -0.139. The molecule has 0 radical (unpaired) electrons. The van der Waals surface area contributed by atoms with Gasteiger partial charge in [0.2, 0.25) is 0 Å². The second-order valence-electron chi connectivity index (χ2n) is 4.67. The molecule has 2 rings (SSSR count). The maximum absolute atomic E-state index is 11.9. The summed E-state index contributed by atoms with van der Waals surface area (Å²) in [5.41, 5.74) is 1.06. The molecule has 8 heteroatoms. The number of hydrogen-bond acceptors (Lipinski definition) is 5. The summed E-state index contributed by atoms with van der Waals surface area (Å²) in [5.74, 6) is -1.19. The Bertz CT molecular complexity index is 646. The van der Waals surface area contributed by atoms with Gasteiger partial charge in [0.1, 0.15) is 12.6 Å². The van der Waals surface area contributed by atoms with E-state index in [1.54, 1.807) is 17.8 Å². The van der Waals surface area contributed by atoms with Crippen molar-refractivity contribution in [3.8, 4) is 0 Å². The van der Waals surface area contributed by atoms with Crippen LogP contribution in [0.5, 0.6) is 0 Å². The van der Waals surface area contributed by atoms with Gasteiger partial charge in [-0.2, -0.15) is 5.10 Å². The van der Waals surface area contributed by atoms with Crippen molar-refractivity contribution in [1.82, 2.24) is 20.3 Å². The number of rotatable bonds is 6. The largest absolute Gasteiger partial charge is 0.480 e. The topological polar surface area (TPSA) is 110 Å². The number of amides is 1. The second kappa shape index (κ2) is 6.21. The Kier molecular flexibility index (Phi) is 4.36. The number of aryl methyl sites for hydroxylation is 1. The standard InChI is InChI=1S/C13H16N4O4/c1-3-10(13(19)20)15-12(18)11-4-9(21-16-11)7-17-6-8(2)5-14-17/h4-6,10H,3,7H2,1-2H3,(H,15,18)(H,19,20). The van der Waals surface area contributed by atoms with E-state index in [0.717, 1.165) is 5.56 Å². The summed E-state index contributed by atoms with van der Waals surface area (Å²) in [4.78, 5) is 22.7. The quantitative estimate of drug-likeness (QED) is 0.815. The first-order chi connectivity index (χ1) is 9.99. The maximum Gasteiger partial charge on any atom is 0.326 e. The van der Waals surface area contributed by atoms with Crippen LogP contribution in [0.4, 0.5) is 0 Å². The first kappa shape index (κ1) is 14.8. The van der Waals surface area contributed by atoms with E-state index in [9.17, 15) is 9.59 Å². The molecule has 1 unspecified atom stereocenters. The van der Waals surface area contributed by atoms with Crippen molar-refractivity contribution in [3.05, 3.63) is 35.5 Å². The van der Waals surface area contributed by atoms with Gasteiger partial charge in [-0.25, -0.2) is 4.79 Å². The Morgan fingerprint density at radius 1 is 1.52 bits per heavy atom. The third kappa shape index (κ3) is 3.68. The summed E-state index contributed by atoms with van der Waals surface area (Å²) < 4.78 is 6.71. The summed E-state index contributed by atoms with van der Waals surface area (Å²) in [5, 5.41) is 19.0. The molecule has 2 aromatic rings. The average molecular weight is 292 g/mol. The van der Waals surface area contributed by atoms with Gasteiger partial charge in [-0.15, -0.1) is 0 Å². The minimum Gasteiger partial charge on any atom is -0.480 e. The Labute approximate surface area is 120 Å². The molecule has 112 valence electrons. The van der Waals surface area contributed by atoms with Gasteiger partial charge >= 0.3 is 5.97 Å². The molecule has 0 aliphatic carbocycles. The molecule has 1 amide bonds. The van der Waals surface area contributed by atoms with E-state index in [4.69, 9.17) is 9.63 Å². The molecule has 21 heavy (non-hydrogen) atoms. The molecule has 0 aliphatic heterocycles. The molecular formula is C13H16N4O4. The zero-order valence-corrected chi connectivity index (χ0v) is 11.7. The zero-order valence-electron chi connectivity index (χ0n) is 11.7.